The van der Waals surface area contributed by atoms with Gasteiger partial charge in [0.1, 0.15) is 5.54 Å². The predicted molar refractivity (Wildman–Crippen MR) is 103 cm³/mol. The van der Waals surface area contributed by atoms with E-state index in [2.05, 4.69) is 0 Å². The Hall–Kier alpha value is -2.67. The topological polar surface area (TPSA) is 83.6 Å². The lowest BCUT2D eigenvalue weighted by atomic mass is 9.85. The largest absolute Gasteiger partial charge is 0.328 e. The Morgan fingerprint density at radius 3 is 2.15 bits per heavy atom. The first-order chi connectivity index (χ1) is 12.7. The molecule has 0 aliphatic carbocycles. The summed E-state index contributed by atoms with van der Waals surface area (Å²) in [7, 11) is -3.66. The highest BCUT2D eigenvalue weighted by molar-refractivity contribution is 7.89. The van der Waals surface area contributed by atoms with Crippen LogP contribution in [0.1, 0.15) is 18.9 Å². The van der Waals surface area contributed by atoms with Gasteiger partial charge in [-0.15, -0.1) is 0 Å². The van der Waals surface area contributed by atoms with Crippen LogP contribution in [0.5, 0.6) is 0 Å². The molecular weight excluding hydrogens is 364 g/mol. The van der Waals surface area contributed by atoms with Crippen LogP contribution < -0.4 is 4.72 Å². The first-order valence-corrected chi connectivity index (χ1v) is 10.6. The maximum absolute atomic E-state index is 12.6. The van der Waals surface area contributed by atoms with Crippen molar-refractivity contribution in [2.75, 3.05) is 12.8 Å². The smallest absolute Gasteiger partial charge is 0.259 e. The number of carbonyl (C=O) groups excluding carboxylic acids is 2. The van der Waals surface area contributed by atoms with Crippen molar-refractivity contribution in [1.29, 1.82) is 0 Å². The molecule has 0 radical (unpaired) electrons. The van der Waals surface area contributed by atoms with Gasteiger partial charge >= 0.3 is 0 Å². The van der Waals surface area contributed by atoms with Gasteiger partial charge in [0.25, 0.3) is 5.91 Å². The number of nitrogens with zero attached hydrogens (tertiary/aromatic N) is 1. The minimum absolute atomic E-state index is 0.164. The average molecular weight is 386 g/mol. The maximum atomic E-state index is 12.6. The fourth-order valence-electron chi connectivity index (χ4n) is 3.19. The van der Waals surface area contributed by atoms with Gasteiger partial charge in [0, 0.05) is 6.54 Å². The van der Waals surface area contributed by atoms with Gasteiger partial charge in [-0.1, -0.05) is 54.6 Å². The van der Waals surface area contributed by atoms with Crippen molar-refractivity contribution in [1.82, 2.24) is 9.62 Å². The number of rotatable bonds is 5. The maximum Gasteiger partial charge on any atom is 0.259 e. The van der Waals surface area contributed by atoms with E-state index in [4.69, 9.17) is 0 Å². The molecule has 1 aliphatic rings. The van der Waals surface area contributed by atoms with Crippen LogP contribution in [0, 0.1) is 0 Å². The third-order valence-corrected chi connectivity index (χ3v) is 5.46. The number of nitrogens with one attached hydrogen (secondary N) is 1. The molecule has 1 atom stereocenters. The number of hydrogen-bond acceptors (Lipinski definition) is 4. The Morgan fingerprint density at radius 1 is 1.04 bits per heavy atom. The van der Waals surface area contributed by atoms with Crippen molar-refractivity contribution in [3.8, 4) is 11.1 Å². The summed E-state index contributed by atoms with van der Waals surface area (Å²) in [4.78, 5) is 26.3. The summed E-state index contributed by atoms with van der Waals surface area (Å²) < 4.78 is 24.6. The van der Waals surface area contributed by atoms with Gasteiger partial charge in [0.15, 0.2) is 0 Å². The van der Waals surface area contributed by atoms with Crippen LogP contribution in [0.2, 0.25) is 0 Å². The van der Waals surface area contributed by atoms with E-state index >= 15 is 0 Å². The number of carbonyl (C=O) groups is 2. The Kier molecular flexibility index (Phi) is 5.06. The molecule has 6 nitrogen and oxygen atoms in total. The summed E-state index contributed by atoms with van der Waals surface area (Å²) in [5.41, 5.74) is 1.89. The molecule has 1 N–H and O–H groups in total. The number of benzene rings is 2. The molecule has 0 bridgehead atoms. The molecule has 1 fully saturated rings. The highest BCUT2D eigenvalue weighted by Crippen LogP contribution is 2.31. The minimum atomic E-state index is -3.66. The Morgan fingerprint density at radius 2 is 1.63 bits per heavy atom. The number of amides is 2. The molecule has 1 unspecified atom stereocenters. The fraction of sp³-hybridized carbons (Fsp3) is 0.300. The normalized spacial score (nSPS) is 19.3. The monoisotopic (exact) mass is 386 g/mol. The van der Waals surface area contributed by atoms with Crippen LogP contribution in [-0.2, 0) is 26.0 Å². The van der Waals surface area contributed by atoms with Crippen molar-refractivity contribution < 1.29 is 18.0 Å². The summed E-state index contributed by atoms with van der Waals surface area (Å²) in [6.45, 7) is 2.03. The standard InChI is InChI=1S/C20H22N2O4S/c1-20(19(24)21-27(2,25)26)12-13-22(20)18(23)14-15-8-10-17(11-9-15)16-6-4-3-5-7-16/h3-11H,12-14H2,1-2H3,(H,21,24). The second kappa shape index (κ2) is 7.15. The summed E-state index contributed by atoms with van der Waals surface area (Å²) in [5, 5.41) is 0. The van der Waals surface area contributed by atoms with Crippen molar-refractivity contribution in [2.24, 2.45) is 0 Å². The lowest BCUT2D eigenvalue weighted by Gasteiger charge is -2.48. The van der Waals surface area contributed by atoms with Crippen LogP contribution in [0.15, 0.2) is 54.6 Å². The molecule has 7 heteroatoms. The summed E-state index contributed by atoms with van der Waals surface area (Å²) >= 11 is 0. The van der Waals surface area contributed by atoms with E-state index in [1.807, 2.05) is 59.3 Å². The molecular formula is C20H22N2O4S. The first-order valence-electron chi connectivity index (χ1n) is 8.66. The molecule has 0 aromatic heterocycles. The SMILES string of the molecule is CC1(C(=O)NS(C)(=O)=O)CCN1C(=O)Cc1ccc(-c2ccccc2)cc1. The third-order valence-electron chi connectivity index (χ3n) is 4.90. The van der Waals surface area contributed by atoms with Gasteiger partial charge in [-0.2, -0.15) is 0 Å². The van der Waals surface area contributed by atoms with Crippen molar-refractivity contribution in [3.63, 3.8) is 0 Å². The molecule has 0 saturated carbocycles. The van der Waals surface area contributed by atoms with Gasteiger partial charge in [-0.05, 0) is 30.0 Å². The zero-order valence-corrected chi connectivity index (χ0v) is 16.1. The van der Waals surface area contributed by atoms with Gasteiger partial charge in [-0.3, -0.25) is 14.3 Å². The molecule has 1 aliphatic heterocycles. The summed E-state index contributed by atoms with van der Waals surface area (Å²) in [6.07, 6.45) is 1.53. The van der Waals surface area contributed by atoms with E-state index in [0.717, 1.165) is 22.9 Å². The zero-order valence-electron chi connectivity index (χ0n) is 15.3. The average Bonchev–Trinajstić information content (AvgIpc) is 2.60. The van der Waals surface area contributed by atoms with E-state index in [-0.39, 0.29) is 12.3 Å². The molecule has 2 aromatic rings. The van der Waals surface area contributed by atoms with Crippen molar-refractivity contribution >= 4 is 21.8 Å². The van der Waals surface area contributed by atoms with E-state index < -0.39 is 21.5 Å². The summed E-state index contributed by atoms with van der Waals surface area (Å²) in [5.74, 6) is -0.858. The molecule has 142 valence electrons. The van der Waals surface area contributed by atoms with E-state index in [1.165, 1.54) is 4.90 Å². The van der Waals surface area contributed by atoms with Crippen molar-refractivity contribution in [2.45, 2.75) is 25.3 Å². The quantitative estimate of drug-likeness (QED) is 0.852. The van der Waals surface area contributed by atoms with E-state index in [0.29, 0.717) is 13.0 Å². The van der Waals surface area contributed by atoms with Crippen LogP contribution in [0.25, 0.3) is 11.1 Å². The van der Waals surface area contributed by atoms with Crippen molar-refractivity contribution in [3.05, 3.63) is 60.2 Å². The number of sulfonamides is 1. The Balaban J connectivity index is 1.67. The first kappa shape index (κ1) is 19.1. The van der Waals surface area contributed by atoms with Crippen LogP contribution in [0.3, 0.4) is 0 Å². The van der Waals surface area contributed by atoms with Gasteiger partial charge in [0.05, 0.1) is 12.7 Å². The van der Waals surface area contributed by atoms with Gasteiger partial charge in [0.2, 0.25) is 15.9 Å². The highest BCUT2D eigenvalue weighted by Gasteiger charge is 2.49. The Bertz CT molecular complexity index is 955. The molecule has 1 heterocycles. The number of hydrogen-bond donors (Lipinski definition) is 1. The predicted octanol–water partition coefficient (Wildman–Crippen LogP) is 1.96. The van der Waals surface area contributed by atoms with Crippen LogP contribution in [0.4, 0.5) is 0 Å². The molecule has 0 spiro atoms. The molecule has 2 amide bonds. The van der Waals surface area contributed by atoms with Gasteiger partial charge in [-0.25, -0.2) is 8.42 Å². The molecule has 27 heavy (non-hydrogen) atoms. The third kappa shape index (κ3) is 4.19. The van der Waals surface area contributed by atoms with Crippen LogP contribution >= 0.6 is 0 Å². The zero-order chi connectivity index (χ0) is 19.7. The second-order valence-corrected chi connectivity index (χ2v) is 8.76. The molecule has 1 saturated heterocycles. The van der Waals surface area contributed by atoms with Crippen LogP contribution in [-0.4, -0.2) is 43.5 Å². The Labute approximate surface area is 159 Å². The minimum Gasteiger partial charge on any atom is -0.328 e. The second-order valence-electron chi connectivity index (χ2n) is 7.01. The molecule has 3 rings (SSSR count). The lowest BCUT2D eigenvalue weighted by Crippen LogP contribution is -2.68. The van der Waals surface area contributed by atoms with E-state index in [9.17, 15) is 18.0 Å². The highest BCUT2D eigenvalue weighted by atomic mass is 32.2. The van der Waals surface area contributed by atoms with Gasteiger partial charge < -0.3 is 4.90 Å². The summed E-state index contributed by atoms with van der Waals surface area (Å²) in [6, 6.07) is 17.7. The fourth-order valence-corrected chi connectivity index (χ4v) is 3.75. The van der Waals surface area contributed by atoms with E-state index in [1.54, 1.807) is 6.92 Å². The number of likely N-dealkylation sites (tertiary alicyclic amines) is 1. The molecule has 2 aromatic carbocycles. The lowest BCUT2D eigenvalue weighted by molar-refractivity contribution is -0.156.